The van der Waals surface area contributed by atoms with Gasteiger partial charge in [-0.05, 0) is 24.7 Å². The maximum absolute atomic E-state index is 5.56. The first-order valence-corrected chi connectivity index (χ1v) is 8.77. The van der Waals surface area contributed by atoms with Crippen LogP contribution >= 0.6 is 15.9 Å². The maximum Gasteiger partial charge on any atom is 0.0701 e. The molecule has 0 spiro atoms. The van der Waals surface area contributed by atoms with Crippen LogP contribution in [0.2, 0.25) is 0 Å². The van der Waals surface area contributed by atoms with E-state index in [1.54, 1.807) is 0 Å². The number of hydrogen-bond acceptors (Lipinski definition) is 3. The Morgan fingerprint density at radius 3 is 1.70 bits per heavy atom. The third-order valence-electron chi connectivity index (χ3n) is 3.07. The first kappa shape index (κ1) is 20.4. The summed E-state index contributed by atoms with van der Waals surface area (Å²) in [6.45, 7) is 13.3. The van der Waals surface area contributed by atoms with Gasteiger partial charge in [0, 0.05) is 18.0 Å². The van der Waals surface area contributed by atoms with Gasteiger partial charge in [0.05, 0.1) is 26.4 Å². The Labute approximate surface area is 133 Å². The molecule has 1 atom stereocenters. The summed E-state index contributed by atoms with van der Waals surface area (Å²) < 4.78 is 16.4. The van der Waals surface area contributed by atoms with Crippen molar-refractivity contribution >= 4 is 15.9 Å². The Bertz CT molecular complexity index is 204. The third-order valence-corrected chi connectivity index (χ3v) is 4.90. The topological polar surface area (TPSA) is 27.7 Å². The zero-order valence-corrected chi connectivity index (χ0v) is 15.3. The lowest BCUT2D eigenvalue weighted by Crippen LogP contribution is -2.20. The van der Waals surface area contributed by atoms with Gasteiger partial charge >= 0.3 is 0 Å². The van der Waals surface area contributed by atoms with E-state index in [2.05, 4.69) is 43.6 Å². The molecule has 0 N–H and O–H groups in total. The van der Waals surface area contributed by atoms with Crippen LogP contribution in [0.15, 0.2) is 0 Å². The van der Waals surface area contributed by atoms with Crippen LogP contribution in [0.4, 0.5) is 0 Å². The summed E-state index contributed by atoms with van der Waals surface area (Å²) in [5, 5.41) is 0. The molecule has 0 saturated carbocycles. The minimum Gasteiger partial charge on any atom is -0.379 e. The van der Waals surface area contributed by atoms with Crippen molar-refractivity contribution in [3.63, 3.8) is 0 Å². The monoisotopic (exact) mass is 352 g/mol. The summed E-state index contributed by atoms with van der Waals surface area (Å²) in [6.07, 6.45) is 4.55. The van der Waals surface area contributed by atoms with Crippen LogP contribution in [-0.2, 0) is 14.2 Å². The van der Waals surface area contributed by atoms with Crippen molar-refractivity contribution in [1.82, 2.24) is 0 Å². The second-order valence-electron chi connectivity index (χ2n) is 6.17. The molecule has 20 heavy (non-hydrogen) atoms. The predicted octanol–water partition coefficient (Wildman–Crippen LogP) is 4.43. The summed E-state index contributed by atoms with van der Waals surface area (Å²) in [4.78, 5) is 0.551. The van der Waals surface area contributed by atoms with Crippen molar-refractivity contribution in [1.29, 1.82) is 0 Å². The highest BCUT2D eigenvalue weighted by atomic mass is 79.9. The lowest BCUT2D eigenvalue weighted by Gasteiger charge is -2.25. The summed E-state index contributed by atoms with van der Waals surface area (Å²) in [5.41, 5.74) is 0.320. The van der Waals surface area contributed by atoms with Gasteiger partial charge in [0.2, 0.25) is 0 Å². The molecule has 0 aliphatic heterocycles. The van der Waals surface area contributed by atoms with Crippen molar-refractivity contribution in [3.05, 3.63) is 0 Å². The number of alkyl halides is 1. The SMILES string of the molecule is CCCCOCCOCCOCCCC(Br)C(C)(C)C. The molecule has 0 saturated heterocycles. The average molecular weight is 353 g/mol. The number of ether oxygens (including phenoxy) is 3. The van der Waals surface area contributed by atoms with E-state index in [-0.39, 0.29) is 0 Å². The first-order valence-electron chi connectivity index (χ1n) is 7.85. The Hall–Kier alpha value is 0.360. The van der Waals surface area contributed by atoms with Crippen molar-refractivity contribution < 1.29 is 14.2 Å². The zero-order chi connectivity index (χ0) is 15.3. The summed E-state index contributed by atoms with van der Waals surface area (Å²) in [7, 11) is 0. The van der Waals surface area contributed by atoms with Crippen LogP contribution in [0.25, 0.3) is 0 Å². The van der Waals surface area contributed by atoms with E-state index in [0.717, 1.165) is 32.5 Å². The molecule has 4 heteroatoms. The predicted molar refractivity (Wildman–Crippen MR) is 88.8 cm³/mol. The van der Waals surface area contributed by atoms with Gasteiger partial charge in [-0.15, -0.1) is 0 Å². The maximum atomic E-state index is 5.56. The van der Waals surface area contributed by atoms with Gasteiger partial charge in [-0.1, -0.05) is 50.0 Å². The molecular weight excluding hydrogens is 320 g/mol. The summed E-state index contributed by atoms with van der Waals surface area (Å²) in [5.74, 6) is 0. The van der Waals surface area contributed by atoms with Crippen LogP contribution in [0, 0.1) is 5.41 Å². The van der Waals surface area contributed by atoms with Crippen LogP contribution in [0.3, 0.4) is 0 Å². The largest absolute Gasteiger partial charge is 0.379 e. The summed E-state index contributed by atoms with van der Waals surface area (Å²) >= 11 is 3.73. The van der Waals surface area contributed by atoms with E-state index in [1.165, 1.54) is 6.42 Å². The first-order chi connectivity index (χ1) is 9.48. The Balaban J connectivity index is 3.14. The molecule has 0 aliphatic rings. The lowest BCUT2D eigenvalue weighted by molar-refractivity contribution is 0.0133. The molecule has 0 bridgehead atoms. The standard InChI is InChI=1S/C16H33BrO3/c1-5-6-9-18-11-13-20-14-12-19-10-7-8-15(17)16(2,3)4/h15H,5-14H2,1-4H3. The van der Waals surface area contributed by atoms with Gasteiger partial charge in [0.1, 0.15) is 0 Å². The quantitative estimate of drug-likeness (QED) is 0.362. The van der Waals surface area contributed by atoms with Crippen molar-refractivity contribution in [2.45, 2.75) is 58.2 Å². The van der Waals surface area contributed by atoms with Gasteiger partial charge in [0.15, 0.2) is 0 Å². The number of hydrogen-bond donors (Lipinski definition) is 0. The zero-order valence-electron chi connectivity index (χ0n) is 13.8. The van der Waals surface area contributed by atoms with Crippen LogP contribution < -0.4 is 0 Å². The highest BCUT2D eigenvalue weighted by Gasteiger charge is 2.20. The molecule has 0 aromatic heterocycles. The molecule has 3 nitrogen and oxygen atoms in total. The average Bonchev–Trinajstić information content (AvgIpc) is 2.38. The van der Waals surface area contributed by atoms with Crippen molar-refractivity contribution in [2.75, 3.05) is 39.6 Å². The van der Waals surface area contributed by atoms with Gasteiger partial charge in [0.25, 0.3) is 0 Å². The van der Waals surface area contributed by atoms with E-state index in [4.69, 9.17) is 14.2 Å². The number of unbranched alkanes of at least 4 members (excludes halogenated alkanes) is 1. The van der Waals surface area contributed by atoms with E-state index in [0.29, 0.717) is 36.7 Å². The fourth-order valence-corrected chi connectivity index (χ4v) is 1.91. The smallest absolute Gasteiger partial charge is 0.0701 e. The molecule has 1 unspecified atom stereocenters. The molecule has 0 rings (SSSR count). The molecule has 0 fully saturated rings. The van der Waals surface area contributed by atoms with Crippen LogP contribution in [0.1, 0.15) is 53.4 Å². The Kier molecular flexibility index (Phi) is 13.3. The van der Waals surface area contributed by atoms with E-state index < -0.39 is 0 Å². The molecule has 0 aliphatic carbocycles. The van der Waals surface area contributed by atoms with Crippen molar-refractivity contribution in [2.24, 2.45) is 5.41 Å². The minimum absolute atomic E-state index is 0.320. The molecule has 0 radical (unpaired) electrons. The normalized spacial score (nSPS) is 13.7. The lowest BCUT2D eigenvalue weighted by atomic mass is 9.90. The van der Waals surface area contributed by atoms with Crippen LogP contribution in [-0.4, -0.2) is 44.5 Å². The van der Waals surface area contributed by atoms with Gasteiger partial charge in [-0.25, -0.2) is 0 Å². The van der Waals surface area contributed by atoms with Gasteiger partial charge in [-0.2, -0.15) is 0 Å². The third kappa shape index (κ3) is 13.3. The molecule has 0 amide bonds. The Morgan fingerprint density at radius 2 is 1.25 bits per heavy atom. The van der Waals surface area contributed by atoms with E-state index in [9.17, 15) is 0 Å². The van der Waals surface area contributed by atoms with Crippen LogP contribution in [0.5, 0.6) is 0 Å². The minimum atomic E-state index is 0.320. The second kappa shape index (κ2) is 13.1. The van der Waals surface area contributed by atoms with Crippen molar-refractivity contribution in [3.8, 4) is 0 Å². The molecule has 0 heterocycles. The highest BCUT2D eigenvalue weighted by Crippen LogP contribution is 2.29. The summed E-state index contributed by atoms with van der Waals surface area (Å²) in [6, 6.07) is 0. The van der Waals surface area contributed by atoms with E-state index >= 15 is 0 Å². The number of halogens is 1. The molecule has 0 aromatic carbocycles. The highest BCUT2D eigenvalue weighted by molar-refractivity contribution is 9.09. The Morgan fingerprint density at radius 1 is 0.800 bits per heavy atom. The van der Waals surface area contributed by atoms with Gasteiger partial charge < -0.3 is 14.2 Å². The van der Waals surface area contributed by atoms with Gasteiger partial charge in [-0.3, -0.25) is 0 Å². The fourth-order valence-electron chi connectivity index (χ4n) is 1.59. The molecule has 0 aromatic rings. The second-order valence-corrected chi connectivity index (χ2v) is 7.27. The molecular formula is C16H33BrO3. The molecule has 122 valence electrons. The fraction of sp³-hybridized carbons (Fsp3) is 1.00. The number of rotatable bonds is 13. The van der Waals surface area contributed by atoms with E-state index in [1.807, 2.05) is 0 Å².